The molecule has 1 aromatic carbocycles. The minimum absolute atomic E-state index is 0.00500. The van der Waals surface area contributed by atoms with Crippen LogP contribution in [0.3, 0.4) is 0 Å². The first-order valence-corrected chi connectivity index (χ1v) is 11.1. The van der Waals surface area contributed by atoms with Crippen molar-refractivity contribution in [3.8, 4) is 0 Å². The lowest BCUT2D eigenvalue weighted by atomic mass is 9.96. The Bertz CT molecular complexity index is 970. The van der Waals surface area contributed by atoms with Crippen LogP contribution in [0.15, 0.2) is 48.7 Å². The van der Waals surface area contributed by atoms with Crippen LogP contribution in [0.25, 0.3) is 5.03 Å². The van der Waals surface area contributed by atoms with E-state index in [1.807, 2.05) is 36.5 Å². The molecule has 5 heteroatoms. The molecule has 1 fully saturated rings. The predicted octanol–water partition coefficient (Wildman–Crippen LogP) is 4.81. The zero-order valence-corrected chi connectivity index (χ0v) is 18.0. The van der Waals surface area contributed by atoms with E-state index in [1.54, 1.807) is 6.92 Å². The van der Waals surface area contributed by atoms with Crippen LogP contribution >= 0.6 is 11.6 Å². The molecule has 0 aliphatic heterocycles. The molecule has 2 aromatic rings. The first kappa shape index (κ1) is 20.8. The van der Waals surface area contributed by atoms with Crippen LogP contribution < -0.4 is 5.32 Å². The highest BCUT2D eigenvalue weighted by Gasteiger charge is 2.31. The standard InChI is InChI=1S/C25H27ClN2O2/c1-16(24(29)12-7-17-13-21-22(26)10-11-23(21)27-15-17)28-25(30)20-9-8-19(14-20)18-5-3-2-4-6-18/h2-6,10,13,15-16,19-20H,7-9,11-12,14H2,1H3,(H,28,30)/t16-,19+,20+/m0/s1. The molecule has 1 heterocycles. The molecular weight excluding hydrogens is 396 g/mol. The molecule has 30 heavy (non-hydrogen) atoms. The SMILES string of the molecule is C[C@H](NC(=O)[C@@H]1CC[C@@H](c2ccccc2)C1)C(=O)CCc1cnc2c(c1)C(Cl)=CC2. The summed E-state index contributed by atoms with van der Waals surface area (Å²) in [5, 5.41) is 3.68. The van der Waals surface area contributed by atoms with E-state index in [0.717, 1.165) is 47.5 Å². The van der Waals surface area contributed by atoms with Crippen LogP contribution in [0.1, 0.15) is 60.9 Å². The summed E-state index contributed by atoms with van der Waals surface area (Å²) >= 11 is 6.20. The van der Waals surface area contributed by atoms with Gasteiger partial charge in [-0.05, 0) is 55.7 Å². The average molecular weight is 423 g/mol. The molecule has 4 nitrogen and oxygen atoms in total. The maximum Gasteiger partial charge on any atom is 0.223 e. The number of ketones is 1. The Morgan fingerprint density at radius 3 is 2.83 bits per heavy atom. The summed E-state index contributed by atoms with van der Waals surface area (Å²) in [5.74, 6) is 0.468. The van der Waals surface area contributed by atoms with Crippen molar-refractivity contribution < 1.29 is 9.59 Å². The molecule has 156 valence electrons. The molecule has 2 aliphatic carbocycles. The fraction of sp³-hybridized carbons (Fsp3) is 0.400. The van der Waals surface area contributed by atoms with Crippen LogP contribution in [0.4, 0.5) is 0 Å². The highest BCUT2D eigenvalue weighted by Crippen LogP contribution is 2.38. The molecule has 0 saturated heterocycles. The third-order valence-corrected chi connectivity index (χ3v) is 6.69. The van der Waals surface area contributed by atoms with E-state index in [-0.39, 0.29) is 17.6 Å². The zero-order valence-electron chi connectivity index (χ0n) is 17.2. The third-order valence-electron chi connectivity index (χ3n) is 6.33. The number of nitrogens with zero attached hydrogens (tertiary/aromatic N) is 1. The van der Waals surface area contributed by atoms with Gasteiger partial charge in [-0.1, -0.05) is 48.0 Å². The van der Waals surface area contributed by atoms with Crippen LogP contribution in [-0.2, 0) is 22.4 Å². The summed E-state index contributed by atoms with van der Waals surface area (Å²) in [7, 11) is 0. The van der Waals surface area contributed by atoms with Crippen molar-refractivity contribution in [2.24, 2.45) is 5.92 Å². The van der Waals surface area contributed by atoms with Gasteiger partial charge in [-0.3, -0.25) is 14.6 Å². The second-order valence-corrected chi connectivity index (χ2v) is 8.82. The molecule has 3 atom stereocenters. The van der Waals surface area contributed by atoms with Gasteiger partial charge in [0.15, 0.2) is 5.78 Å². The summed E-state index contributed by atoms with van der Waals surface area (Å²) in [5.41, 5.74) is 4.25. The fourth-order valence-electron chi connectivity index (χ4n) is 4.48. The van der Waals surface area contributed by atoms with Crippen molar-refractivity contribution in [3.05, 3.63) is 71.1 Å². The number of pyridine rings is 1. The molecule has 1 saturated carbocycles. The Labute approximate surface area is 182 Å². The van der Waals surface area contributed by atoms with E-state index in [1.165, 1.54) is 5.56 Å². The number of aryl methyl sites for hydroxylation is 1. The number of rotatable bonds is 7. The number of allylic oxidation sites excluding steroid dienone is 1. The monoisotopic (exact) mass is 422 g/mol. The van der Waals surface area contributed by atoms with Crippen LogP contribution in [-0.4, -0.2) is 22.7 Å². The van der Waals surface area contributed by atoms with Gasteiger partial charge in [-0.25, -0.2) is 0 Å². The number of hydrogen-bond acceptors (Lipinski definition) is 3. The Balaban J connectivity index is 1.26. The molecule has 1 aromatic heterocycles. The first-order chi connectivity index (χ1) is 14.5. The number of fused-ring (bicyclic) bond motifs is 1. The largest absolute Gasteiger partial charge is 0.346 e. The van der Waals surface area contributed by atoms with E-state index in [9.17, 15) is 9.59 Å². The highest BCUT2D eigenvalue weighted by atomic mass is 35.5. The fourth-order valence-corrected chi connectivity index (χ4v) is 4.72. The predicted molar refractivity (Wildman–Crippen MR) is 119 cm³/mol. The maximum absolute atomic E-state index is 12.7. The minimum Gasteiger partial charge on any atom is -0.346 e. The maximum atomic E-state index is 12.7. The highest BCUT2D eigenvalue weighted by molar-refractivity contribution is 6.49. The lowest BCUT2D eigenvalue weighted by Crippen LogP contribution is -2.41. The summed E-state index contributed by atoms with van der Waals surface area (Å²) in [6.07, 6.45) is 8.27. The van der Waals surface area contributed by atoms with Crippen molar-refractivity contribution in [2.45, 2.75) is 57.4 Å². The van der Waals surface area contributed by atoms with Crippen molar-refractivity contribution in [1.82, 2.24) is 10.3 Å². The number of aromatic nitrogens is 1. The van der Waals surface area contributed by atoms with E-state index in [0.29, 0.717) is 18.8 Å². The second-order valence-electron chi connectivity index (χ2n) is 8.41. The van der Waals surface area contributed by atoms with E-state index >= 15 is 0 Å². The number of Topliss-reactive ketones (excluding diaryl/α,β-unsaturated/α-hetero) is 1. The molecule has 2 aliphatic rings. The minimum atomic E-state index is -0.473. The van der Waals surface area contributed by atoms with E-state index in [4.69, 9.17) is 11.6 Å². The second kappa shape index (κ2) is 9.13. The average Bonchev–Trinajstić information content (AvgIpc) is 3.40. The number of carbonyl (C=O) groups excluding carboxylic acids is 2. The molecule has 1 N–H and O–H groups in total. The van der Waals surface area contributed by atoms with Crippen molar-refractivity contribution in [1.29, 1.82) is 0 Å². The number of carbonyl (C=O) groups is 2. The van der Waals surface area contributed by atoms with Gasteiger partial charge in [0, 0.05) is 35.6 Å². The van der Waals surface area contributed by atoms with Gasteiger partial charge in [-0.2, -0.15) is 0 Å². The molecule has 0 radical (unpaired) electrons. The van der Waals surface area contributed by atoms with Crippen LogP contribution in [0.2, 0.25) is 0 Å². The van der Waals surface area contributed by atoms with Gasteiger partial charge < -0.3 is 5.32 Å². The first-order valence-electron chi connectivity index (χ1n) is 10.7. The number of nitrogens with one attached hydrogen (secondary N) is 1. The van der Waals surface area contributed by atoms with Gasteiger partial charge >= 0.3 is 0 Å². The van der Waals surface area contributed by atoms with Crippen LogP contribution in [0.5, 0.6) is 0 Å². The number of hydrogen-bond donors (Lipinski definition) is 1. The Hall–Kier alpha value is -2.46. The Morgan fingerprint density at radius 1 is 1.23 bits per heavy atom. The molecule has 0 bridgehead atoms. The topological polar surface area (TPSA) is 59.1 Å². The van der Waals surface area contributed by atoms with Crippen molar-refractivity contribution in [2.75, 3.05) is 0 Å². The number of amides is 1. The summed E-state index contributed by atoms with van der Waals surface area (Å²) < 4.78 is 0. The normalized spacial score (nSPS) is 21.1. The van der Waals surface area contributed by atoms with E-state index in [2.05, 4.69) is 22.4 Å². The van der Waals surface area contributed by atoms with E-state index < -0.39 is 6.04 Å². The van der Waals surface area contributed by atoms with Crippen molar-refractivity contribution in [3.63, 3.8) is 0 Å². The van der Waals surface area contributed by atoms with Gasteiger partial charge in [0.05, 0.1) is 11.7 Å². The van der Waals surface area contributed by atoms with Crippen LogP contribution in [0, 0.1) is 5.92 Å². The quantitative estimate of drug-likeness (QED) is 0.696. The molecule has 1 amide bonds. The molecule has 0 unspecified atom stereocenters. The summed E-state index contributed by atoms with van der Waals surface area (Å²) in [6, 6.07) is 11.9. The zero-order chi connectivity index (χ0) is 21.1. The molecule has 4 rings (SSSR count). The third kappa shape index (κ3) is 4.65. The number of halogens is 1. The molecular formula is C25H27ClN2O2. The van der Waals surface area contributed by atoms with Gasteiger partial charge in [0.1, 0.15) is 0 Å². The van der Waals surface area contributed by atoms with Gasteiger partial charge in [0.25, 0.3) is 0 Å². The smallest absolute Gasteiger partial charge is 0.223 e. The lowest BCUT2D eigenvalue weighted by Gasteiger charge is -2.17. The molecule has 0 spiro atoms. The van der Waals surface area contributed by atoms with Gasteiger partial charge in [-0.15, -0.1) is 0 Å². The Morgan fingerprint density at radius 2 is 2.03 bits per heavy atom. The number of benzene rings is 1. The summed E-state index contributed by atoms with van der Waals surface area (Å²) in [6.45, 7) is 1.78. The lowest BCUT2D eigenvalue weighted by molar-refractivity contribution is -0.129. The van der Waals surface area contributed by atoms with Gasteiger partial charge in [0.2, 0.25) is 5.91 Å². The summed E-state index contributed by atoms with van der Waals surface area (Å²) in [4.78, 5) is 29.7. The van der Waals surface area contributed by atoms with Crippen molar-refractivity contribution >= 4 is 28.3 Å². The Kier molecular flexibility index (Phi) is 6.33.